The number of amides is 1. The Morgan fingerprint density at radius 2 is 1.81 bits per heavy atom. The van der Waals surface area contributed by atoms with Crippen LogP contribution in [0.4, 0.5) is 4.79 Å². The number of carbonyl (C=O) groups excluding carboxylic acids is 2. The summed E-state index contributed by atoms with van der Waals surface area (Å²) >= 11 is 0. The van der Waals surface area contributed by atoms with Gasteiger partial charge in [0.25, 0.3) is 0 Å². The number of piperazine rings is 1. The van der Waals surface area contributed by atoms with E-state index in [1.165, 1.54) is 0 Å². The summed E-state index contributed by atoms with van der Waals surface area (Å²) in [5.74, 6) is 0.0114. The molecule has 3 rings (SSSR count). The lowest BCUT2D eigenvalue weighted by Gasteiger charge is -2.32. The van der Waals surface area contributed by atoms with E-state index in [9.17, 15) is 9.59 Å². The average molecular weight is 352 g/mol. The fraction of sp³-hybridized carbons (Fsp3) is 0.333. The van der Waals surface area contributed by atoms with E-state index >= 15 is 0 Å². The highest BCUT2D eigenvalue weighted by molar-refractivity contribution is 6.00. The number of Topliss-reactive ketones (excluding diaryl/α,β-unsaturated/α-hetero) is 1. The molecule has 2 aromatic rings. The summed E-state index contributed by atoms with van der Waals surface area (Å²) in [6.07, 6.45) is -0.381. The predicted octanol–water partition coefficient (Wildman–Crippen LogP) is 3.10. The van der Waals surface area contributed by atoms with Crippen molar-refractivity contribution in [1.29, 1.82) is 0 Å². The Hall–Kier alpha value is -2.66. The Kier molecular flexibility index (Phi) is 5.68. The number of benzene rings is 2. The minimum atomic E-state index is -0.408. The molecule has 0 aliphatic carbocycles. The minimum Gasteiger partial charge on any atom is -0.445 e. The molecule has 1 amide bonds. The molecule has 2 aromatic carbocycles. The van der Waals surface area contributed by atoms with Crippen LogP contribution in [-0.2, 0) is 11.3 Å². The van der Waals surface area contributed by atoms with E-state index in [0.717, 1.165) is 16.7 Å². The van der Waals surface area contributed by atoms with Gasteiger partial charge >= 0.3 is 6.09 Å². The summed E-state index contributed by atoms with van der Waals surface area (Å²) < 4.78 is 5.39. The van der Waals surface area contributed by atoms with Gasteiger partial charge in [0.2, 0.25) is 0 Å². The number of ketones is 1. The number of hydrogen-bond donors (Lipinski definition) is 1. The molecule has 5 nitrogen and oxygen atoms in total. The molecule has 136 valence electrons. The fourth-order valence-electron chi connectivity index (χ4n) is 3.22. The zero-order chi connectivity index (χ0) is 18.5. The molecule has 0 aromatic heterocycles. The van der Waals surface area contributed by atoms with Crippen molar-refractivity contribution in [1.82, 2.24) is 10.2 Å². The van der Waals surface area contributed by atoms with Gasteiger partial charge in [-0.3, -0.25) is 4.79 Å². The molecule has 1 aliphatic rings. The van der Waals surface area contributed by atoms with Gasteiger partial charge in [-0.2, -0.15) is 0 Å². The number of carbonyl (C=O) groups is 2. The molecule has 1 saturated heterocycles. The summed E-state index contributed by atoms with van der Waals surface area (Å²) in [6, 6.07) is 15.0. The molecule has 0 radical (unpaired) electrons. The number of hydrogen-bond acceptors (Lipinski definition) is 4. The quantitative estimate of drug-likeness (QED) is 0.859. The van der Waals surface area contributed by atoms with Gasteiger partial charge in [0.1, 0.15) is 6.61 Å². The maximum absolute atomic E-state index is 12.8. The lowest BCUT2D eigenvalue weighted by atomic mass is 9.98. The van der Waals surface area contributed by atoms with Gasteiger partial charge in [-0.1, -0.05) is 47.5 Å². The zero-order valence-corrected chi connectivity index (χ0v) is 15.2. The smallest absolute Gasteiger partial charge is 0.410 e. The Bertz CT molecular complexity index is 769. The summed E-state index contributed by atoms with van der Waals surface area (Å²) in [5, 5.41) is 3.22. The molecule has 0 bridgehead atoms. The molecular formula is C21H24N2O3. The van der Waals surface area contributed by atoms with Crippen molar-refractivity contribution in [2.24, 2.45) is 0 Å². The van der Waals surface area contributed by atoms with Gasteiger partial charge in [0.05, 0.1) is 6.04 Å². The van der Waals surface area contributed by atoms with Crippen LogP contribution in [0.25, 0.3) is 0 Å². The van der Waals surface area contributed by atoms with E-state index in [2.05, 4.69) is 5.32 Å². The molecule has 1 heterocycles. The van der Waals surface area contributed by atoms with Crippen LogP contribution in [0.3, 0.4) is 0 Å². The maximum atomic E-state index is 12.8. The summed E-state index contributed by atoms with van der Waals surface area (Å²) in [5.41, 5.74) is 3.74. The van der Waals surface area contributed by atoms with Crippen molar-refractivity contribution < 1.29 is 14.3 Å². The van der Waals surface area contributed by atoms with Crippen molar-refractivity contribution in [2.75, 3.05) is 19.6 Å². The van der Waals surface area contributed by atoms with Gasteiger partial charge in [0, 0.05) is 25.2 Å². The Balaban J connectivity index is 1.61. The number of nitrogens with zero attached hydrogens (tertiary/aromatic N) is 1. The van der Waals surface area contributed by atoms with Crippen LogP contribution in [0.15, 0.2) is 48.5 Å². The van der Waals surface area contributed by atoms with Crippen LogP contribution >= 0.6 is 0 Å². The number of rotatable bonds is 4. The predicted molar refractivity (Wildman–Crippen MR) is 100 cm³/mol. The van der Waals surface area contributed by atoms with Gasteiger partial charge in [-0.05, 0) is 31.5 Å². The van der Waals surface area contributed by atoms with Gasteiger partial charge < -0.3 is 15.0 Å². The third-order valence-electron chi connectivity index (χ3n) is 4.46. The second-order valence-corrected chi connectivity index (χ2v) is 6.73. The molecule has 0 saturated carbocycles. The third kappa shape index (κ3) is 4.49. The molecule has 1 aliphatic heterocycles. The first kappa shape index (κ1) is 18.1. The van der Waals surface area contributed by atoms with Crippen molar-refractivity contribution in [3.05, 3.63) is 70.8 Å². The van der Waals surface area contributed by atoms with Gasteiger partial charge in [0.15, 0.2) is 5.78 Å². The molecule has 26 heavy (non-hydrogen) atoms. The van der Waals surface area contributed by atoms with Crippen LogP contribution in [-0.4, -0.2) is 42.5 Å². The highest BCUT2D eigenvalue weighted by Gasteiger charge is 2.29. The Labute approximate surface area is 154 Å². The van der Waals surface area contributed by atoms with Crippen molar-refractivity contribution >= 4 is 11.9 Å². The van der Waals surface area contributed by atoms with E-state index < -0.39 is 6.04 Å². The van der Waals surface area contributed by atoms with E-state index in [0.29, 0.717) is 25.2 Å². The Morgan fingerprint density at radius 3 is 2.50 bits per heavy atom. The van der Waals surface area contributed by atoms with Crippen molar-refractivity contribution in [3.63, 3.8) is 0 Å². The second kappa shape index (κ2) is 8.15. The standard InChI is InChI=1S/C21H24N2O3/c1-15-10-16(2)12-18(11-15)20(24)19-13-23(9-8-22-19)21(25)26-14-17-6-4-3-5-7-17/h3-7,10-12,19,22H,8-9,13-14H2,1-2H3/t19-/m1/s1. The highest BCUT2D eigenvalue weighted by atomic mass is 16.6. The van der Waals surface area contributed by atoms with Crippen LogP contribution in [0.2, 0.25) is 0 Å². The Morgan fingerprint density at radius 1 is 1.12 bits per heavy atom. The lowest BCUT2D eigenvalue weighted by Crippen LogP contribution is -2.55. The van der Waals surface area contributed by atoms with Crippen LogP contribution in [0, 0.1) is 13.8 Å². The minimum absolute atomic E-state index is 0.0114. The maximum Gasteiger partial charge on any atom is 0.410 e. The highest BCUT2D eigenvalue weighted by Crippen LogP contribution is 2.14. The van der Waals surface area contributed by atoms with E-state index in [-0.39, 0.29) is 18.5 Å². The van der Waals surface area contributed by atoms with E-state index in [1.807, 2.05) is 62.4 Å². The topological polar surface area (TPSA) is 58.6 Å². The lowest BCUT2D eigenvalue weighted by molar-refractivity contribution is 0.0752. The average Bonchev–Trinajstić information content (AvgIpc) is 2.65. The number of ether oxygens (including phenoxy) is 1. The first-order chi connectivity index (χ1) is 12.5. The first-order valence-corrected chi connectivity index (χ1v) is 8.84. The normalized spacial score (nSPS) is 17.0. The summed E-state index contributed by atoms with van der Waals surface area (Å²) in [7, 11) is 0. The van der Waals surface area contributed by atoms with Crippen LogP contribution < -0.4 is 5.32 Å². The number of nitrogens with one attached hydrogen (secondary N) is 1. The SMILES string of the molecule is Cc1cc(C)cc(C(=O)[C@H]2CN(C(=O)OCc3ccccc3)CCN2)c1. The summed E-state index contributed by atoms with van der Waals surface area (Å²) in [4.78, 5) is 26.8. The molecule has 1 fully saturated rings. The van der Waals surface area contributed by atoms with Crippen LogP contribution in [0.5, 0.6) is 0 Å². The fourth-order valence-corrected chi connectivity index (χ4v) is 3.22. The molecule has 1 atom stereocenters. The van der Waals surface area contributed by atoms with E-state index in [4.69, 9.17) is 4.74 Å². The molecular weight excluding hydrogens is 328 g/mol. The number of aryl methyl sites for hydroxylation is 2. The molecule has 5 heteroatoms. The van der Waals surface area contributed by atoms with Gasteiger partial charge in [-0.25, -0.2) is 4.79 Å². The van der Waals surface area contributed by atoms with Crippen molar-refractivity contribution in [3.8, 4) is 0 Å². The monoisotopic (exact) mass is 352 g/mol. The summed E-state index contributed by atoms with van der Waals surface area (Å²) in [6.45, 7) is 5.61. The third-order valence-corrected chi connectivity index (χ3v) is 4.46. The molecule has 1 N–H and O–H groups in total. The second-order valence-electron chi connectivity index (χ2n) is 6.73. The van der Waals surface area contributed by atoms with E-state index in [1.54, 1.807) is 4.90 Å². The van der Waals surface area contributed by atoms with Crippen LogP contribution in [0.1, 0.15) is 27.0 Å². The first-order valence-electron chi connectivity index (χ1n) is 8.84. The van der Waals surface area contributed by atoms with Gasteiger partial charge in [-0.15, -0.1) is 0 Å². The largest absolute Gasteiger partial charge is 0.445 e. The zero-order valence-electron chi connectivity index (χ0n) is 15.2. The van der Waals surface area contributed by atoms with Crippen molar-refractivity contribution in [2.45, 2.75) is 26.5 Å². The molecule has 0 spiro atoms. The molecule has 0 unspecified atom stereocenters.